The van der Waals surface area contributed by atoms with Gasteiger partial charge in [-0.25, -0.2) is 4.79 Å². The fourth-order valence-electron chi connectivity index (χ4n) is 2.04. The number of benzene rings is 2. The summed E-state index contributed by atoms with van der Waals surface area (Å²) in [7, 11) is 0. The molecular weight excluding hydrogens is 310 g/mol. The Bertz CT molecular complexity index is 730. The van der Waals surface area contributed by atoms with Gasteiger partial charge in [0.15, 0.2) is 0 Å². The molecule has 0 aromatic heterocycles. The molecule has 1 atom stereocenters. The van der Waals surface area contributed by atoms with Gasteiger partial charge in [0.2, 0.25) is 5.78 Å². The fraction of sp³-hybridized carbons (Fsp3) is 0.167. The van der Waals surface area contributed by atoms with Gasteiger partial charge in [-0.2, -0.15) is 0 Å². The molecule has 6 nitrogen and oxygen atoms in total. The molecule has 0 heterocycles. The summed E-state index contributed by atoms with van der Waals surface area (Å²) in [4.78, 5) is 36.2. The lowest BCUT2D eigenvalue weighted by Crippen LogP contribution is -2.58. The van der Waals surface area contributed by atoms with E-state index in [0.717, 1.165) is 6.92 Å². The van der Waals surface area contributed by atoms with Gasteiger partial charge in [-0.3, -0.25) is 15.3 Å². The molecule has 0 saturated carbocycles. The molecule has 0 spiro atoms. The molecule has 124 valence electrons. The molecule has 2 aromatic rings. The molecule has 0 aliphatic rings. The first-order valence-corrected chi connectivity index (χ1v) is 7.23. The van der Waals surface area contributed by atoms with E-state index in [9.17, 15) is 14.4 Å². The van der Waals surface area contributed by atoms with Crippen molar-refractivity contribution in [3.8, 4) is 0 Å². The standard InChI is InChI=1S/C18H17NO5/c1-13(20)24-18(19,16(21)15-10-6-3-7-11-15)17(22)23-12-14-8-4-2-5-9-14/h2-11H,12,19H2,1H3/t18-/m0/s1. The molecule has 0 saturated heterocycles. The Hall–Kier alpha value is -2.99. The monoisotopic (exact) mass is 327 g/mol. The first-order chi connectivity index (χ1) is 11.4. The van der Waals surface area contributed by atoms with Crippen LogP contribution >= 0.6 is 0 Å². The maximum atomic E-state index is 12.6. The molecule has 0 fully saturated rings. The SMILES string of the molecule is CC(=O)O[C@](N)(C(=O)OCc1ccccc1)C(=O)c1ccccc1. The minimum atomic E-state index is -2.53. The second-order valence-corrected chi connectivity index (χ2v) is 5.09. The van der Waals surface area contributed by atoms with Crippen LogP contribution in [0, 0.1) is 0 Å². The third-order valence-corrected chi connectivity index (χ3v) is 3.19. The summed E-state index contributed by atoms with van der Waals surface area (Å²) >= 11 is 0. The quantitative estimate of drug-likeness (QED) is 0.376. The second kappa shape index (κ2) is 7.52. The maximum Gasteiger partial charge on any atom is 0.375 e. The van der Waals surface area contributed by atoms with Crippen LogP contribution in [0.4, 0.5) is 0 Å². The Balaban J connectivity index is 2.21. The number of esters is 2. The number of nitrogens with two attached hydrogens (primary N) is 1. The Morgan fingerprint density at radius 3 is 2.04 bits per heavy atom. The van der Waals surface area contributed by atoms with E-state index >= 15 is 0 Å². The number of carbonyl (C=O) groups is 3. The van der Waals surface area contributed by atoms with Crippen LogP contribution in [0.15, 0.2) is 60.7 Å². The van der Waals surface area contributed by atoms with Crippen molar-refractivity contribution in [2.45, 2.75) is 19.3 Å². The number of carbonyl (C=O) groups excluding carboxylic acids is 3. The molecule has 0 unspecified atom stereocenters. The Kier molecular flexibility index (Phi) is 5.44. The third-order valence-electron chi connectivity index (χ3n) is 3.19. The Labute approximate surface area is 139 Å². The minimum Gasteiger partial charge on any atom is -0.456 e. The minimum absolute atomic E-state index is 0.0953. The van der Waals surface area contributed by atoms with Crippen molar-refractivity contribution in [3.63, 3.8) is 0 Å². The third kappa shape index (κ3) is 4.05. The molecule has 0 radical (unpaired) electrons. The number of hydrogen-bond donors (Lipinski definition) is 1. The van der Waals surface area contributed by atoms with Crippen molar-refractivity contribution in [3.05, 3.63) is 71.8 Å². The van der Waals surface area contributed by atoms with Crippen molar-refractivity contribution < 1.29 is 23.9 Å². The van der Waals surface area contributed by atoms with Crippen molar-refractivity contribution in [2.24, 2.45) is 5.73 Å². The van der Waals surface area contributed by atoms with Crippen LogP contribution in [0.25, 0.3) is 0 Å². The van der Waals surface area contributed by atoms with E-state index in [1.807, 2.05) is 6.07 Å². The van der Waals surface area contributed by atoms with E-state index in [-0.39, 0.29) is 12.2 Å². The average Bonchev–Trinajstić information content (AvgIpc) is 2.60. The normalized spacial score (nSPS) is 12.8. The van der Waals surface area contributed by atoms with Crippen molar-refractivity contribution >= 4 is 17.7 Å². The van der Waals surface area contributed by atoms with Crippen LogP contribution in [0.1, 0.15) is 22.8 Å². The van der Waals surface area contributed by atoms with E-state index in [2.05, 4.69) is 0 Å². The highest BCUT2D eigenvalue weighted by Crippen LogP contribution is 2.16. The molecule has 0 bridgehead atoms. The zero-order valence-corrected chi connectivity index (χ0v) is 13.1. The highest BCUT2D eigenvalue weighted by Gasteiger charge is 2.47. The average molecular weight is 327 g/mol. The van der Waals surface area contributed by atoms with Crippen LogP contribution < -0.4 is 5.73 Å². The summed E-state index contributed by atoms with van der Waals surface area (Å²) in [5.41, 5.74) is 4.14. The summed E-state index contributed by atoms with van der Waals surface area (Å²) in [6.07, 6.45) is 0. The van der Waals surface area contributed by atoms with Crippen LogP contribution in [0.5, 0.6) is 0 Å². The lowest BCUT2D eigenvalue weighted by Gasteiger charge is -2.25. The zero-order valence-electron chi connectivity index (χ0n) is 13.1. The number of ether oxygens (including phenoxy) is 2. The predicted molar refractivity (Wildman–Crippen MR) is 85.7 cm³/mol. The van der Waals surface area contributed by atoms with E-state index in [1.165, 1.54) is 12.1 Å². The van der Waals surface area contributed by atoms with Gasteiger partial charge in [0.1, 0.15) is 6.61 Å². The van der Waals surface area contributed by atoms with Gasteiger partial charge >= 0.3 is 17.7 Å². The van der Waals surface area contributed by atoms with Gasteiger partial charge in [-0.05, 0) is 5.56 Å². The lowest BCUT2D eigenvalue weighted by molar-refractivity contribution is -0.175. The van der Waals surface area contributed by atoms with E-state index in [0.29, 0.717) is 5.56 Å². The summed E-state index contributed by atoms with van der Waals surface area (Å²) < 4.78 is 9.89. The maximum absolute atomic E-state index is 12.6. The summed E-state index contributed by atoms with van der Waals surface area (Å²) in [5, 5.41) is 0. The molecular formula is C18H17NO5. The Morgan fingerprint density at radius 2 is 1.50 bits per heavy atom. The summed E-state index contributed by atoms with van der Waals surface area (Å²) in [6, 6.07) is 16.7. The van der Waals surface area contributed by atoms with Gasteiger partial charge in [0.25, 0.3) is 0 Å². The van der Waals surface area contributed by atoms with Crippen molar-refractivity contribution in [2.75, 3.05) is 0 Å². The smallest absolute Gasteiger partial charge is 0.375 e. The Morgan fingerprint density at radius 1 is 0.958 bits per heavy atom. The van der Waals surface area contributed by atoms with Gasteiger partial charge in [-0.15, -0.1) is 0 Å². The molecule has 0 aliphatic heterocycles. The molecule has 6 heteroatoms. The lowest BCUT2D eigenvalue weighted by atomic mass is 10.0. The highest BCUT2D eigenvalue weighted by atomic mass is 16.6. The van der Waals surface area contributed by atoms with Crippen molar-refractivity contribution in [1.82, 2.24) is 0 Å². The van der Waals surface area contributed by atoms with Crippen LogP contribution in [0.2, 0.25) is 0 Å². The largest absolute Gasteiger partial charge is 0.456 e. The van der Waals surface area contributed by atoms with Gasteiger partial charge in [-0.1, -0.05) is 60.7 Å². The number of ketones is 1. The first-order valence-electron chi connectivity index (χ1n) is 7.23. The number of hydrogen-bond acceptors (Lipinski definition) is 6. The summed E-state index contributed by atoms with van der Waals surface area (Å²) in [5.74, 6) is -2.84. The van der Waals surface area contributed by atoms with E-state index in [4.69, 9.17) is 15.2 Å². The molecule has 0 aliphatic carbocycles. The molecule has 2 rings (SSSR count). The van der Waals surface area contributed by atoms with E-state index in [1.54, 1.807) is 42.5 Å². The number of rotatable bonds is 6. The molecule has 2 N–H and O–H groups in total. The molecule has 2 aromatic carbocycles. The first kappa shape index (κ1) is 17.4. The predicted octanol–water partition coefficient (Wildman–Crippen LogP) is 1.83. The fourth-order valence-corrected chi connectivity index (χ4v) is 2.04. The van der Waals surface area contributed by atoms with Gasteiger partial charge in [0.05, 0.1) is 0 Å². The molecule has 0 amide bonds. The zero-order chi connectivity index (χ0) is 17.6. The van der Waals surface area contributed by atoms with Gasteiger partial charge in [0, 0.05) is 12.5 Å². The topological polar surface area (TPSA) is 95.7 Å². The highest BCUT2D eigenvalue weighted by molar-refractivity contribution is 6.15. The van der Waals surface area contributed by atoms with Crippen LogP contribution in [-0.2, 0) is 25.7 Å². The van der Waals surface area contributed by atoms with Crippen LogP contribution in [-0.4, -0.2) is 23.4 Å². The summed E-state index contributed by atoms with van der Waals surface area (Å²) in [6.45, 7) is 0.965. The van der Waals surface area contributed by atoms with E-state index < -0.39 is 23.4 Å². The van der Waals surface area contributed by atoms with Crippen molar-refractivity contribution in [1.29, 1.82) is 0 Å². The molecule has 24 heavy (non-hydrogen) atoms. The van der Waals surface area contributed by atoms with Crippen LogP contribution in [0.3, 0.4) is 0 Å². The second-order valence-electron chi connectivity index (χ2n) is 5.09. The van der Waals surface area contributed by atoms with Gasteiger partial charge < -0.3 is 9.47 Å². The number of Topliss-reactive ketones (excluding diaryl/α,β-unsaturated/α-hetero) is 1.